The normalized spacial score (nSPS) is 10.1. The maximum Gasteiger partial charge on any atom is 0.218 e. The minimum atomic E-state index is 0.490. The second-order valence-electron chi connectivity index (χ2n) is 3.63. The van der Waals surface area contributed by atoms with Gasteiger partial charge in [0.1, 0.15) is 12.1 Å². The standard InChI is InChI=1S/C13H14ClN3O/c1-2-18-13-7-12(15-9-16-13)17-11-5-3-4-10(6-11)8-14/h3-7,9H,2,8H2,1H3,(H,15,16,17). The molecule has 4 nitrogen and oxygen atoms in total. The lowest BCUT2D eigenvalue weighted by molar-refractivity contribution is 0.326. The Bertz CT molecular complexity index is 519. The molecule has 1 N–H and O–H groups in total. The molecule has 0 fully saturated rings. The average Bonchev–Trinajstić information content (AvgIpc) is 2.40. The summed E-state index contributed by atoms with van der Waals surface area (Å²) >= 11 is 5.79. The van der Waals surface area contributed by atoms with E-state index in [2.05, 4.69) is 15.3 Å². The van der Waals surface area contributed by atoms with E-state index in [1.165, 1.54) is 6.33 Å². The van der Waals surface area contributed by atoms with Crippen LogP contribution in [-0.4, -0.2) is 16.6 Å². The first-order valence-corrected chi connectivity index (χ1v) is 6.22. The maximum absolute atomic E-state index is 5.79. The highest BCUT2D eigenvalue weighted by Crippen LogP contribution is 2.19. The number of rotatable bonds is 5. The fourth-order valence-electron chi connectivity index (χ4n) is 1.51. The van der Waals surface area contributed by atoms with Crippen LogP contribution in [0.4, 0.5) is 11.5 Å². The Morgan fingerprint density at radius 3 is 2.94 bits per heavy atom. The van der Waals surface area contributed by atoms with Gasteiger partial charge in [0.15, 0.2) is 0 Å². The molecular formula is C13H14ClN3O. The first kappa shape index (κ1) is 12.6. The fourth-order valence-corrected chi connectivity index (χ4v) is 1.68. The number of hydrogen-bond acceptors (Lipinski definition) is 4. The summed E-state index contributed by atoms with van der Waals surface area (Å²) in [5.74, 6) is 1.74. The van der Waals surface area contributed by atoms with E-state index in [0.29, 0.717) is 24.2 Å². The SMILES string of the molecule is CCOc1cc(Nc2cccc(CCl)c2)ncn1. The number of nitrogens with one attached hydrogen (secondary N) is 1. The quantitative estimate of drug-likeness (QED) is 0.841. The summed E-state index contributed by atoms with van der Waals surface area (Å²) in [5, 5.41) is 3.19. The van der Waals surface area contributed by atoms with Crippen molar-refractivity contribution < 1.29 is 4.74 Å². The summed E-state index contributed by atoms with van der Waals surface area (Å²) in [6.45, 7) is 2.50. The van der Waals surface area contributed by atoms with Crippen LogP contribution in [0, 0.1) is 0 Å². The number of alkyl halides is 1. The number of benzene rings is 1. The van der Waals surface area contributed by atoms with Crippen molar-refractivity contribution in [2.45, 2.75) is 12.8 Å². The molecule has 1 aromatic heterocycles. The fraction of sp³-hybridized carbons (Fsp3) is 0.231. The zero-order valence-electron chi connectivity index (χ0n) is 10.1. The second kappa shape index (κ2) is 6.21. The van der Waals surface area contributed by atoms with Crippen LogP contribution in [0.1, 0.15) is 12.5 Å². The van der Waals surface area contributed by atoms with Gasteiger partial charge in [-0.15, -0.1) is 11.6 Å². The van der Waals surface area contributed by atoms with Crippen LogP contribution in [0.25, 0.3) is 0 Å². The lowest BCUT2D eigenvalue weighted by Gasteiger charge is -2.08. The van der Waals surface area contributed by atoms with Crippen LogP contribution in [0.15, 0.2) is 36.7 Å². The predicted octanol–water partition coefficient (Wildman–Crippen LogP) is 3.36. The van der Waals surface area contributed by atoms with E-state index in [4.69, 9.17) is 16.3 Å². The highest BCUT2D eigenvalue weighted by molar-refractivity contribution is 6.17. The number of anilines is 2. The molecule has 0 aliphatic heterocycles. The number of halogens is 1. The molecule has 5 heteroatoms. The van der Waals surface area contributed by atoms with Crippen molar-refractivity contribution >= 4 is 23.1 Å². The summed E-state index contributed by atoms with van der Waals surface area (Å²) in [6, 6.07) is 9.62. The Hall–Kier alpha value is -1.81. The van der Waals surface area contributed by atoms with Gasteiger partial charge in [0.25, 0.3) is 0 Å². The van der Waals surface area contributed by atoms with Crippen LogP contribution in [-0.2, 0) is 5.88 Å². The van der Waals surface area contributed by atoms with Crippen LogP contribution in [0.5, 0.6) is 5.88 Å². The van der Waals surface area contributed by atoms with Crippen molar-refractivity contribution in [3.05, 3.63) is 42.2 Å². The van der Waals surface area contributed by atoms with Gasteiger partial charge in [-0.05, 0) is 24.6 Å². The Morgan fingerprint density at radius 2 is 2.17 bits per heavy atom. The van der Waals surface area contributed by atoms with Gasteiger partial charge in [-0.3, -0.25) is 0 Å². The van der Waals surface area contributed by atoms with Crippen LogP contribution >= 0.6 is 11.6 Å². The van der Waals surface area contributed by atoms with E-state index >= 15 is 0 Å². The lowest BCUT2D eigenvalue weighted by atomic mass is 10.2. The zero-order valence-corrected chi connectivity index (χ0v) is 10.8. The minimum absolute atomic E-state index is 0.490. The van der Waals surface area contributed by atoms with Crippen molar-refractivity contribution in [1.29, 1.82) is 0 Å². The van der Waals surface area contributed by atoms with E-state index in [-0.39, 0.29) is 0 Å². The highest BCUT2D eigenvalue weighted by Gasteiger charge is 2.00. The third-order valence-electron chi connectivity index (χ3n) is 2.29. The van der Waals surface area contributed by atoms with Gasteiger partial charge in [0.05, 0.1) is 6.61 Å². The topological polar surface area (TPSA) is 47.0 Å². The molecule has 0 saturated heterocycles. The molecule has 0 amide bonds. The number of hydrogen-bond donors (Lipinski definition) is 1. The summed E-state index contributed by atoms with van der Waals surface area (Å²) in [7, 11) is 0. The van der Waals surface area contributed by atoms with Gasteiger partial charge in [0, 0.05) is 17.6 Å². The summed E-state index contributed by atoms with van der Waals surface area (Å²) in [6.07, 6.45) is 1.47. The van der Waals surface area contributed by atoms with Crippen LogP contribution in [0.3, 0.4) is 0 Å². The largest absolute Gasteiger partial charge is 0.478 e. The molecule has 18 heavy (non-hydrogen) atoms. The molecule has 0 radical (unpaired) electrons. The monoisotopic (exact) mass is 263 g/mol. The van der Waals surface area contributed by atoms with Crippen molar-refractivity contribution in [1.82, 2.24) is 9.97 Å². The van der Waals surface area contributed by atoms with Crippen LogP contribution < -0.4 is 10.1 Å². The molecule has 0 atom stereocenters. The Morgan fingerprint density at radius 1 is 1.28 bits per heavy atom. The zero-order chi connectivity index (χ0) is 12.8. The maximum atomic E-state index is 5.79. The third-order valence-corrected chi connectivity index (χ3v) is 2.60. The molecule has 2 rings (SSSR count). The molecule has 0 spiro atoms. The molecular weight excluding hydrogens is 250 g/mol. The van der Waals surface area contributed by atoms with Gasteiger partial charge in [-0.25, -0.2) is 9.97 Å². The van der Waals surface area contributed by atoms with E-state index in [9.17, 15) is 0 Å². The number of ether oxygens (including phenoxy) is 1. The Kier molecular flexibility index (Phi) is 4.36. The molecule has 1 aromatic carbocycles. The van der Waals surface area contributed by atoms with Gasteiger partial charge >= 0.3 is 0 Å². The van der Waals surface area contributed by atoms with Crippen molar-refractivity contribution in [2.75, 3.05) is 11.9 Å². The molecule has 1 heterocycles. The molecule has 0 unspecified atom stereocenters. The van der Waals surface area contributed by atoms with Crippen molar-refractivity contribution in [2.24, 2.45) is 0 Å². The van der Waals surface area contributed by atoms with Crippen molar-refractivity contribution in [3.8, 4) is 5.88 Å². The smallest absolute Gasteiger partial charge is 0.218 e. The van der Waals surface area contributed by atoms with E-state index in [1.54, 1.807) is 6.07 Å². The molecule has 94 valence electrons. The van der Waals surface area contributed by atoms with Gasteiger partial charge in [-0.1, -0.05) is 12.1 Å². The minimum Gasteiger partial charge on any atom is -0.478 e. The average molecular weight is 264 g/mol. The highest BCUT2D eigenvalue weighted by atomic mass is 35.5. The Labute approximate surface area is 111 Å². The molecule has 0 saturated carbocycles. The molecule has 0 bridgehead atoms. The lowest BCUT2D eigenvalue weighted by Crippen LogP contribution is -1.98. The second-order valence-corrected chi connectivity index (χ2v) is 3.90. The van der Waals surface area contributed by atoms with E-state index in [0.717, 1.165) is 11.3 Å². The van der Waals surface area contributed by atoms with E-state index in [1.807, 2.05) is 31.2 Å². The van der Waals surface area contributed by atoms with Gasteiger partial charge < -0.3 is 10.1 Å². The van der Waals surface area contributed by atoms with Gasteiger partial charge in [-0.2, -0.15) is 0 Å². The summed E-state index contributed by atoms with van der Waals surface area (Å²) in [5.41, 5.74) is 2.00. The first-order valence-electron chi connectivity index (χ1n) is 5.68. The third kappa shape index (κ3) is 3.34. The molecule has 2 aromatic rings. The summed E-state index contributed by atoms with van der Waals surface area (Å²) in [4.78, 5) is 8.15. The number of nitrogens with zero attached hydrogens (tertiary/aromatic N) is 2. The first-order chi connectivity index (χ1) is 8.81. The summed E-state index contributed by atoms with van der Waals surface area (Å²) < 4.78 is 5.32. The molecule has 0 aliphatic rings. The van der Waals surface area contributed by atoms with E-state index < -0.39 is 0 Å². The predicted molar refractivity (Wildman–Crippen MR) is 72.5 cm³/mol. The molecule has 0 aliphatic carbocycles. The number of aromatic nitrogens is 2. The van der Waals surface area contributed by atoms with Crippen LogP contribution in [0.2, 0.25) is 0 Å². The Balaban J connectivity index is 2.14. The van der Waals surface area contributed by atoms with Gasteiger partial charge in [0.2, 0.25) is 5.88 Å². The van der Waals surface area contributed by atoms with Crippen molar-refractivity contribution in [3.63, 3.8) is 0 Å².